The van der Waals surface area contributed by atoms with E-state index in [1.807, 2.05) is 42.2 Å². The van der Waals surface area contributed by atoms with Crippen molar-refractivity contribution in [1.82, 2.24) is 24.5 Å². The number of morpholine rings is 1. The van der Waals surface area contributed by atoms with Gasteiger partial charge in [0, 0.05) is 77.6 Å². The maximum absolute atomic E-state index is 14.1. The lowest BCUT2D eigenvalue weighted by atomic mass is 9.83. The van der Waals surface area contributed by atoms with Crippen LogP contribution in [0, 0.1) is 18.8 Å². The lowest BCUT2D eigenvalue weighted by molar-refractivity contribution is -0.144. The van der Waals surface area contributed by atoms with Crippen molar-refractivity contribution >= 4 is 47.0 Å². The number of para-hydroxylation sites is 1. The molecule has 14 nitrogen and oxygen atoms in total. The highest BCUT2D eigenvalue weighted by Gasteiger charge is 2.35. The van der Waals surface area contributed by atoms with Crippen LogP contribution in [0.15, 0.2) is 36.4 Å². The normalized spacial score (nSPS) is 19.6. The van der Waals surface area contributed by atoms with Gasteiger partial charge in [-0.05, 0) is 99.2 Å². The molecule has 4 aliphatic rings. The summed E-state index contributed by atoms with van der Waals surface area (Å²) in [7, 11) is 1.77. The number of hydrogen-bond donors (Lipinski definition) is 2. The van der Waals surface area contributed by atoms with E-state index < -0.39 is 12.2 Å². The smallest absolute Gasteiger partial charge is 0.410 e. The first kappa shape index (κ1) is 44.4. The van der Waals surface area contributed by atoms with Gasteiger partial charge in [0.15, 0.2) is 6.10 Å². The molecule has 0 bridgehead atoms. The molecule has 3 N–H and O–H groups in total. The molecule has 0 spiro atoms. The van der Waals surface area contributed by atoms with Crippen molar-refractivity contribution in [2.75, 3.05) is 103 Å². The lowest BCUT2D eigenvalue weighted by Crippen LogP contribution is -2.51. The highest BCUT2D eigenvalue weighted by Crippen LogP contribution is 2.29. The van der Waals surface area contributed by atoms with Gasteiger partial charge in [-0.3, -0.25) is 14.5 Å². The van der Waals surface area contributed by atoms with E-state index in [9.17, 15) is 19.2 Å². The van der Waals surface area contributed by atoms with E-state index in [4.69, 9.17) is 31.5 Å². The Kier molecular flexibility index (Phi) is 16.1. The Morgan fingerprint density at radius 2 is 1.69 bits per heavy atom. The Balaban J connectivity index is 0.963. The van der Waals surface area contributed by atoms with Crippen LogP contribution in [-0.2, 0) is 36.6 Å². The highest BCUT2D eigenvalue weighted by atomic mass is 35.5. The first-order valence-electron chi connectivity index (χ1n) is 21.5. The van der Waals surface area contributed by atoms with E-state index in [1.165, 1.54) is 0 Å². The maximum Gasteiger partial charge on any atom is 0.410 e. The van der Waals surface area contributed by atoms with Crippen LogP contribution in [0.1, 0.15) is 62.1 Å². The second kappa shape index (κ2) is 21.4. The molecule has 0 aliphatic carbocycles. The molecule has 2 aromatic rings. The first-order chi connectivity index (χ1) is 28.4. The van der Waals surface area contributed by atoms with Crippen LogP contribution in [0.25, 0.3) is 0 Å². The van der Waals surface area contributed by atoms with Crippen LogP contribution in [0.2, 0.25) is 5.02 Å². The number of likely N-dealkylation sites (N-methyl/N-ethyl adjacent to an activating group) is 1. The number of urea groups is 1. The summed E-state index contributed by atoms with van der Waals surface area (Å²) in [5, 5.41) is 3.44. The summed E-state index contributed by atoms with van der Waals surface area (Å²) < 4.78 is 16.9. The molecule has 4 amide bonds. The van der Waals surface area contributed by atoms with Crippen LogP contribution in [0.4, 0.5) is 21.0 Å². The van der Waals surface area contributed by atoms with Gasteiger partial charge in [-0.15, -0.1) is 0 Å². The second-order valence-corrected chi connectivity index (χ2v) is 17.2. The number of carbonyl (C=O) groups excluding carboxylic acids is 4. The molecular weight excluding hydrogens is 774 g/mol. The number of fused-ring (bicyclic) bond motifs is 1. The Labute approximate surface area is 354 Å². The van der Waals surface area contributed by atoms with Crippen molar-refractivity contribution in [3.05, 3.63) is 58.1 Å². The monoisotopic (exact) mass is 837 g/mol. The molecule has 1 unspecified atom stereocenters. The van der Waals surface area contributed by atoms with Crippen LogP contribution in [0.5, 0.6) is 0 Å². The number of nitrogens with zero attached hydrogens (tertiary/aromatic N) is 5. The molecule has 0 radical (unpaired) electrons. The molecule has 3 saturated heterocycles. The Bertz CT molecular complexity index is 1720. The number of carbonyl (C=O) groups is 4. The van der Waals surface area contributed by atoms with Crippen molar-refractivity contribution in [2.45, 2.75) is 77.4 Å². The SMILES string of the molecule is Cc1cc(C[C@@H](OC(=O)N2CCC(N3CCc4ccccc4NC3=O)CC2)C(=O)N(C)CCC(C)C2CCN(CCC(=O)OCCN3CCOCC3)CC2)cc(Cl)c1N. The minimum atomic E-state index is -1.05. The molecule has 324 valence electrons. The van der Waals surface area contributed by atoms with E-state index >= 15 is 0 Å². The third-order valence-corrected chi connectivity index (χ3v) is 13.1. The molecule has 0 aromatic heterocycles. The number of esters is 1. The molecule has 3 fully saturated rings. The summed E-state index contributed by atoms with van der Waals surface area (Å²) in [5.74, 6) is 0.495. The number of halogens is 1. The largest absolute Gasteiger partial charge is 0.464 e. The quantitative estimate of drug-likeness (QED) is 0.179. The number of ether oxygens (including phenoxy) is 3. The number of rotatable bonds is 15. The molecule has 2 atom stereocenters. The van der Waals surface area contributed by atoms with Crippen LogP contribution in [-0.4, -0.2) is 153 Å². The number of nitrogens with one attached hydrogen (secondary N) is 1. The molecule has 15 heteroatoms. The molecule has 0 saturated carbocycles. The number of nitrogen functional groups attached to an aromatic ring is 1. The van der Waals surface area contributed by atoms with Crippen LogP contribution < -0.4 is 11.1 Å². The summed E-state index contributed by atoms with van der Waals surface area (Å²) >= 11 is 6.44. The number of amides is 4. The van der Waals surface area contributed by atoms with Crippen molar-refractivity contribution in [1.29, 1.82) is 0 Å². The summed E-state index contributed by atoms with van der Waals surface area (Å²) in [6, 6.07) is 11.4. The fraction of sp³-hybridized carbons (Fsp3) is 0.636. The fourth-order valence-corrected chi connectivity index (χ4v) is 9.09. The van der Waals surface area contributed by atoms with Crippen LogP contribution in [0.3, 0.4) is 0 Å². The number of anilines is 2. The third kappa shape index (κ3) is 12.5. The number of likely N-dealkylation sites (tertiary alicyclic amines) is 2. The van der Waals surface area contributed by atoms with Gasteiger partial charge in [-0.25, -0.2) is 9.59 Å². The standard InChI is InChI=1S/C44H64ClN7O7/c1-31(34-9-16-49(17-10-34)18-14-40(53)58-27-24-50-22-25-57-26-23-50)8-15-48(3)42(54)39(30-33-28-32(2)41(46)37(45)29-33)59-44(56)51-19-12-36(13-20-51)52-21-11-35-6-4-5-7-38(35)47-43(52)55/h4-7,28-29,31,34,36,39H,8-27,30,46H2,1-3H3,(H,47,55)/t31?,39-/m1/s1. The number of benzene rings is 2. The average Bonchev–Trinajstić information content (AvgIpc) is 3.41. The topological polar surface area (TPSA) is 150 Å². The van der Waals surface area contributed by atoms with Gasteiger partial charge in [0.2, 0.25) is 0 Å². The Morgan fingerprint density at radius 3 is 2.42 bits per heavy atom. The number of hydrogen-bond acceptors (Lipinski definition) is 10. The van der Waals surface area contributed by atoms with Crippen molar-refractivity contribution < 1.29 is 33.4 Å². The van der Waals surface area contributed by atoms with E-state index in [0.29, 0.717) is 81.1 Å². The number of piperidine rings is 2. The summed E-state index contributed by atoms with van der Waals surface area (Å²) in [6.45, 7) is 13.1. The fourth-order valence-electron chi connectivity index (χ4n) is 8.80. The predicted molar refractivity (Wildman–Crippen MR) is 228 cm³/mol. The van der Waals surface area contributed by atoms with E-state index in [1.54, 1.807) is 22.9 Å². The van der Waals surface area contributed by atoms with E-state index in [2.05, 4.69) is 22.0 Å². The minimum absolute atomic E-state index is 0.00858. The van der Waals surface area contributed by atoms with Gasteiger partial charge in [-0.2, -0.15) is 0 Å². The zero-order chi connectivity index (χ0) is 41.9. The third-order valence-electron chi connectivity index (χ3n) is 12.8. The lowest BCUT2D eigenvalue weighted by Gasteiger charge is -2.38. The molecular formula is C44H64ClN7O7. The zero-order valence-corrected chi connectivity index (χ0v) is 35.9. The molecule has 4 heterocycles. The zero-order valence-electron chi connectivity index (χ0n) is 35.2. The average molecular weight is 838 g/mol. The van der Waals surface area contributed by atoms with Gasteiger partial charge >= 0.3 is 18.1 Å². The predicted octanol–water partition coefficient (Wildman–Crippen LogP) is 5.30. The van der Waals surface area contributed by atoms with Gasteiger partial charge < -0.3 is 44.9 Å². The van der Waals surface area contributed by atoms with Crippen molar-refractivity contribution in [3.63, 3.8) is 0 Å². The van der Waals surface area contributed by atoms with E-state index in [-0.39, 0.29) is 30.4 Å². The minimum Gasteiger partial charge on any atom is -0.464 e. The Morgan fingerprint density at radius 1 is 0.983 bits per heavy atom. The summed E-state index contributed by atoms with van der Waals surface area (Å²) in [4.78, 5) is 63.2. The van der Waals surface area contributed by atoms with Gasteiger partial charge in [0.25, 0.3) is 5.91 Å². The molecule has 6 rings (SSSR count). The summed E-state index contributed by atoms with van der Waals surface area (Å²) in [6.07, 6.45) is 3.85. The molecule has 4 aliphatic heterocycles. The van der Waals surface area contributed by atoms with E-state index in [0.717, 1.165) is 94.0 Å². The van der Waals surface area contributed by atoms with Gasteiger partial charge in [0.1, 0.15) is 6.61 Å². The maximum atomic E-state index is 14.1. The first-order valence-corrected chi connectivity index (χ1v) is 21.9. The summed E-state index contributed by atoms with van der Waals surface area (Å²) in [5.41, 5.74) is 10.1. The van der Waals surface area contributed by atoms with Crippen LogP contribution >= 0.6 is 11.6 Å². The number of aryl methyl sites for hydroxylation is 1. The highest BCUT2D eigenvalue weighted by molar-refractivity contribution is 6.33. The molecule has 2 aromatic carbocycles. The van der Waals surface area contributed by atoms with Crippen molar-refractivity contribution in [2.24, 2.45) is 11.8 Å². The van der Waals surface area contributed by atoms with Gasteiger partial charge in [0.05, 0.1) is 30.3 Å². The number of nitrogens with two attached hydrogens (primary N) is 1. The second-order valence-electron chi connectivity index (χ2n) is 16.8. The Hall–Kier alpha value is -4.11. The molecule has 59 heavy (non-hydrogen) atoms. The van der Waals surface area contributed by atoms with Gasteiger partial charge in [-0.1, -0.05) is 42.8 Å². The van der Waals surface area contributed by atoms with Crippen molar-refractivity contribution in [3.8, 4) is 0 Å².